The summed E-state index contributed by atoms with van der Waals surface area (Å²) in [5, 5.41) is 2.56. The molecular formula is C10H17NO3. The van der Waals surface area contributed by atoms with Crippen LogP contribution in [-0.4, -0.2) is 24.0 Å². The molecule has 1 amide bonds. The van der Waals surface area contributed by atoms with Gasteiger partial charge in [0, 0.05) is 0 Å². The lowest BCUT2D eigenvalue weighted by Gasteiger charge is -2.21. The number of alkyl carbamates (subject to hydrolysis) is 1. The number of ether oxygens (including phenoxy) is 1. The predicted octanol–water partition coefficient (Wildman–Crippen LogP) is 1.49. The molecule has 0 aromatic carbocycles. The van der Waals surface area contributed by atoms with Crippen LogP contribution in [0.25, 0.3) is 0 Å². The van der Waals surface area contributed by atoms with Crippen molar-refractivity contribution in [1.29, 1.82) is 0 Å². The molecule has 0 aliphatic heterocycles. The quantitative estimate of drug-likeness (QED) is 0.700. The summed E-state index contributed by atoms with van der Waals surface area (Å²) >= 11 is 0. The largest absolute Gasteiger partial charge is 0.444 e. The molecule has 14 heavy (non-hydrogen) atoms. The van der Waals surface area contributed by atoms with Gasteiger partial charge in [-0.2, -0.15) is 0 Å². The highest BCUT2D eigenvalue weighted by molar-refractivity contribution is 5.73. The van der Waals surface area contributed by atoms with Crippen LogP contribution in [0.3, 0.4) is 0 Å². The van der Waals surface area contributed by atoms with E-state index in [1.54, 1.807) is 20.8 Å². The van der Waals surface area contributed by atoms with Gasteiger partial charge in [0.05, 0.1) is 6.04 Å². The Labute approximate surface area is 84.0 Å². The first-order valence-electron chi connectivity index (χ1n) is 4.87. The molecule has 0 saturated heterocycles. The average molecular weight is 199 g/mol. The molecule has 1 aliphatic rings. The minimum Gasteiger partial charge on any atom is -0.444 e. The van der Waals surface area contributed by atoms with Crippen LogP contribution in [0, 0.1) is 5.92 Å². The SMILES string of the molecule is CC(C)(C)OC(=O)NC(C=O)C1CC1. The average Bonchev–Trinajstić information content (AvgIpc) is 2.78. The fourth-order valence-electron chi connectivity index (χ4n) is 1.16. The molecule has 0 radical (unpaired) electrons. The van der Waals surface area contributed by atoms with E-state index in [1.165, 1.54) is 0 Å². The summed E-state index contributed by atoms with van der Waals surface area (Å²) in [5.41, 5.74) is -0.513. The molecule has 1 rings (SSSR count). The fourth-order valence-corrected chi connectivity index (χ4v) is 1.16. The van der Waals surface area contributed by atoms with E-state index >= 15 is 0 Å². The molecular weight excluding hydrogens is 182 g/mol. The monoisotopic (exact) mass is 199 g/mol. The Morgan fingerprint density at radius 2 is 2.07 bits per heavy atom. The van der Waals surface area contributed by atoms with Crippen LogP contribution in [0.4, 0.5) is 4.79 Å². The van der Waals surface area contributed by atoms with E-state index in [1.807, 2.05) is 0 Å². The van der Waals surface area contributed by atoms with E-state index in [0.29, 0.717) is 5.92 Å². The number of carbonyl (C=O) groups excluding carboxylic acids is 2. The molecule has 1 fully saturated rings. The third-order valence-electron chi connectivity index (χ3n) is 1.96. The standard InChI is InChI=1S/C10H17NO3/c1-10(2,3)14-9(13)11-8(6-12)7-4-5-7/h6-8H,4-5H2,1-3H3,(H,11,13). The summed E-state index contributed by atoms with van der Waals surface area (Å²) in [7, 11) is 0. The van der Waals surface area contributed by atoms with Crippen molar-refractivity contribution in [2.24, 2.45) is 5.92 Å². The lowest BCUT2D eigenvalue weighted by atomic mass is 10.2. The zero-order valence-corrected chi connectivity index (χ0v) is 8.87. The maximum atomic E-state index is 11.3. The van der Waals surface area contributed by atoms with E-state index in [4.69, 9.17) is 4.74 Å². The number of carbonyl (C=O) groups is 2. The van der Waals surface area contributed by atoms with Gasteiger partial charge < -0.3 is 14.8 Å². The highest BCUT2D eigenvalue weighted by atomic mass is 16.6. The van der Waals surface area contributed by atoms with Gasteiger partial charge in [-0.15, -0.1) is 0 Å². The Kier molecular flexibility index (Phi) is 3.13. The van der Waals surface area contributed by atoms with Crippen LogP contribution >= 0.6 is 0 Å². The molecule has 0 bridgehead atoms. The molecule has 0 heterocycles. The highest BCUT2D eigenvalue weighted by Gasteiger charge is 2.33. The van der Waals surface area contributed by atoms with Crippen molar-refractivity contribution in [3.63, 3.8) is 0 Å². The van der Waals surface area contributed by atoms with Crippen LogP contribution in [0.1, 0.15) is 33.6 Å². The van der Waals surface area contributed by atoms with E-state index < -0.39 is 11.7 Å². The second kappa shape index (κ2) is 3.98. The van der Waals surface area contributed by atoms with Crippen LogP contribution in [0.5, 0.6) is 0 Å². The maximum Gasteiger partial charge on any atom is 0.408 e. The molecule has 4 nitrogen and oxygen atoms in total. The van der Waals surface area contributed by atoms with Crippen molar-refractivity contribution in [2.45, 2.75) is 45.3 Å². The van der Waals surface area contributed by atoms with Gasteiger partial charge in [-0.1, -0.05) is 0 Å². The molecule has 1 unspecified atom stereocenters. The van der Waals surface area contributed by atoms with Gasteiger partial charge >= 0.3 is 6.09 Å². The zero-order valence-electron chi connectivity index (χ0n) is 8.87. The minimum atomic E-state index is -0.513. The van der Waals surface area contributed by atoms with Crippen LogP contribution in [0.2, 0.25) is 0 Å². The zero-order chi connectivity index (χ0) is 10.8. The first-order chi connectivity index (χ1) is 6.42. The molecule has 1 saturated carbocycles. The normalized spacial score (nSPS) is 18.5. The van der Waals surface area contributed by atoms with Crippen molar-refractivity contribution in [1.82, 2.24) is 5.32 Å². The van der Waals surface area contributed by atoms with Crippen molar-refractivity contribution in [2.75, 3.05) is 0 Å². The molecule has 1 atom stereocenters. The van der Waals surface area contributed by atoms with Crippen LogP contribution < -0.4 is 5.32 Å². The van der Waals surface area contributed by atoms with Crippen LogP contribution in [0.15, 0.2) is 0 Å². The smallest absolute Gasteiger partial charge is 0.408 e. The second-order valence-electron chi connectivity index (χ2n) is 4.65. The topological polar surface area (TPSA) is 55.4 Å². The first kappa shape index (κ1) is 11.0. The molecule has 0 aromatic heterocycles. The summed E-state index contributed by atoms with van der Waals surface area (Å²) < 4.78 is 5.04. The van der Waals surface area contributed by atoms with Gasteiger partial charge in [-0.3, -0.25) is 0 Å². The van der Waals surface area contributed by atoms with Gasteiger partial charge in [0.2, 0.25) is 0 Å². The summed E-state index contributed by atoms with van der Waals surface area (Å²) in [6.07, 6.45) is 2.29. The van der Waals surface area contributed by atoms with Gasteiger partial charge in [-0.25, -0.2) is 4.79 Å². The van der Waals surface area contributed by atoms with Gasteiger partial charge in [-0.05, 0) is 39.5 Å². The third kappa shape index (κ3) is 3.77. The number of hydrogen-bond acceptors (Lipinski definition) is 3. The number of hydrogen-bond donors (Lipinski definition) is 1. The number of aldehydes is 1. The van der Waals surface area contributed by atoms with Gasteiger partial charge in [0.1, 0.15) is 11.9 Å². The summed E-state index contributed by atoms with van der Waals surface area (Å²) in [5.74, 6) is 0.319. The Morgan fingerprint density at radius 3 is 2.43 bits per heavy atom. The third-order valence-corrected chi connectivity index (χ3v) is 1.96. The Bertz CT molecular complexity index is 228. The molecule has 1 N–H and O–H groups in total. The summed E-state index contributed by atoms with van der Waals surface area (Å²) in [6, 6.07) is -0.371. The molecule has 0 spiro atoms. The highest BCUT2D eigenvalue weighted by Crippen LogP contribution is 2.31. The number of rotatable bonds is 3. The lowest BCUT2D eigenvalue weighted by molar-refractivity contribution is -0.110. The number of amides is 1. The Hall–Kier alpha value is -1.06. The van der Waals surface area contributed by atoms with Crippen LogP contribution in [-0.2, 0) is 9.53 Å². The predicted molar refractivity (Wildman–Crippen MR) is 51.9 cm³/mol. The lowest BCUT2D eigenvalue weighted by Crippen LogP contribution is -2.41. The van der Waals surface area contributed by atoms with E-state index in [9.17, 15) is 9.59 Å². The molecule has 4 heteroatoms. The van der Waals surface area contributed by atoms with Gasteiger partial charge in [0.15, 0.2) is 0 Å². The molecule has 80 valence electrons. The summed E-state index contributed by atoms with van der Waals surface area (Å²) in [6.45, 7) is 5.37. The Morgan fingerprint density at radius 1 is 1.50 bits per heavy atom. The van der Waals surface area contributed by atoms with Crippen molar-refractivity contribution < 1.29 is 14.3 Å². The maximum absolute atomic E-state index is 11.3. The fraction of sp³-hybridized carbons (Fsp3) is 0.800. The van der Waals surface area contributed by atoms with Crippen molar-refractivity contribution in [3.05, 3.63) is 0 Å². The van der Waals surface area contributed by atoms with Gasteiger partial charge in [0.25, 0.3) is 0 Å². The van der Waals surface area contributed by atoms with E-state index in [0.717, 1.165) is 19.1 Å². The first-order valence-corrected chi connectivity index (χ1v) is 4.87. The van der Waals surface area contributed by atoms with Crippen molar-refractivity contribution in [3.8, 4) is 0 Å². The van der Waals surface area contributed by atoms with E-state index in [2.05, 4.69) is 5.32 Å². The summed E-state index contributed by atoms with van der Waals surface area (Å²) in [4.78, 5) is 21.9. The molecule has 1 aliphatic carbocycles. The minimum absolute atomic E-state index is 0.319. The second-order valence-corrected chi connectivity index (χ2v) is 4.65. The van der Waals surface area contributed by atoms with E-state index in [-0.39, 0.29) is 6.04 Å². The van der Waals surface area contributed by atoms with Crippen molar-refractivity contribution >= 4 is 12.4 Å². The molecule has 0 aromatic rings. The Balaban J connectivity index is 2.34. The number of nitrogens with one attached hydrogen (secondary N) is 1.